The van der Waals surface area contributed by atoms with Crippen LogP contribution in [0.15, 0.2) is 18.2 Å². The van der Waals surface area contributed by atoms with Crippen molar-refractivity contribution in [3.63, 3.8) is 0 Å². The highest BCUT2D eigenvalue weighted by molar-refractivity contribution is 7.17. The van der Waals surface area contributed by atoms with E-state index in [4.69, 9.17) is 37.4 Å². The fraction of sp³-hybridized carbons (Fsp3) is 0.316. The number of fused-ring (bicyclic) bond motifs is 1. The summed E-state index contributed by atoms with van der Waals surface area (Å²) in [6.07, 6.45) is 1.15. The van der Waals surface area contributed by atoms with Gasteiger partial charge >= 0.3 is 11.9 Å². The molecule has 1 heterocycles. The Kier molecular flexibility index (Phi) is 6.66. The van der Waals surface area contributed by atoms with E-state index in [0.29, 0.717) is 34.2 Å². The van der Waals surface area contributed by atoms with Crippen molar-refractivity contribution in [3.05, 3.63) is 44.2 Å². The van der Waals surface area contributed by atoms with Gasteiger partial charge in [-0.15, -0.1) is 11.3 Å². The van der Waals surface area contributed by atoms with Gasteiger partial charge in [0.15, 0.2) is 6.61 Å². The van der Waals surface area contributed by atoms with Gasteiger partial charge < -0.3 is 19.5 Å². The summed E-state index contributed by atoms with van der Waals surface area (Å²) < 4.78 is 15.1. The Hall–Kier alpha value is -2.29. The largest absolute Gasteiger partial charge is 0.482 e. The van der Waals surface area contributed by atoms with Gasteiger partial charge in [0.1, 0.15) is 10.8 Å². The molecular formula is C19H17Cl2NO6S. The number of esters is 2. The summed E-state index contributed by atoms with van der Waals surface area (Å²) >= 11 is 13.1. The molecular weight excluding hydrogens is 441 g/mol. The standard InChI is InChI=1S/C19H17Cl2NO6S/c1-26-18(24)10-4-6-13-15(10)16(19(25)27-2)17(29-13)22-14(23)8-28-12-5-3-9(20)7-11(12)21/h3,5,7,10H,4,6,8H2,1-2H3,(H,22,23)/t10-/m1/s1. The molecule has 29 heavy (non-hydrogen) atoms. The van der Waals surface area contributed by atoms with Crippen LogP contribution in [-0.4, -0.2) is 38.7 Å². The molecule has 0 spiro atoms. The minimum absolute atomic E-state index is 0.179. The second-order valence-electron chi connectivity index (χ2n) is 6.16. The minimum Gasteiger partial charge on any atom is -0.482 e. The van der Waals surface area contributed by atoms with Crippen LogP contribution in [0.2, 0.25) is 10.0 Å². The Labute approximate surface area is 180 Å². The van der Waals surface area contributed by atoms with Crippen molar-refractivity contribution in [3.8, 4) is 5.75 Å². The SMILES string of the molecule is COC(=O)c1c(NC(=O)COc2ccc(Cl)cc2Cl)sc2c1[C@H](C(=O)OC)CC2. The lowest BCUT2D eigenvalue weighted by Gasteiger charge is -2.12. The maximum absolute atomic E-state index is 12.4. The van der Waals surface area contributed by atoms with E-state index in [1.165, 1.54) is 31.6 Å². The number of thiophene rings is 1. The third kappa shape index (κ3) is 4.49. The van der Waals surface area contributed by atoms with Crippen LogP contribution in [0.3, 0.4) is 0 Å². The molecule has 1 aliphatic rings. The lowest BCUT2D eigenvalue weighted by molar-refractivity contribution is -0.142. The monoisotopic (exact) mass is 457 g/mol. The van der Waals surface area contributed by atoms with Crippen LogP contribution < -0.4 is 10.1 Å². The zero-order valence-corrected chi connectivity index (χ0v) is 17.9. The summed E-state index contributed by atoms with van der Waals surface area (Å²) in [5, 5.41) is 3.70. The van der Waals surface area contributed by atoms with Gasteiger partial charge in [0.05, 0.1) is 30.7 Å². The van der Waals surface area contributed by atoms with Crippen molar-refractivity contribution in [1.29, 1.82) is 0 Å². The van der Waals surface area contributed by atoms with Gasteiger partial charge in [0.25, 0.3) is 5.91 Å². The number of hydrogen-bond donors (Lipinski definition) is 1. The van der Waals surface area contributed by atoms with Crippen molar-refractivity contribution < 1.29 is 28.6 Å². The maximum Gasteiger partial charge on any atom is 0.341 e. The molecule has 0 bridgehead atoms. The normalized spacial score (nSPS) is 14.8. The number of carbonyl (C=O) groups is 3. The average molecular weight is 458 g/mol. The molecule has 3 rings (SSSR count). The Bertz CT molecular complexity index is 974. The van der Waals surface area contributed by atoms with Crippen molar-refractivity contribution in [2.45, 2.75) is 18.8 Å². The van der Waals surface area contributed by atoms with Crippen molar-refractivity contribution in [2.75, 3.05) is 26.1 Å². The number of benzene rings is 1. The number of amides is 1. The Balaban J connectivity index is 1.79. The number of methoxy groups -OCH3 is 2. The zero-order chi connectivity index (χ0) is 21.1. The van der Waals surface area contributed by atoms with Crippen LogP contribution >= 0.6 is 34.5 Å². The zero-order valence-electron chi connectivity index (χ0n) is 15.5. The quantitative estimate of drug-likeness (QED) is 0.657. The number of halogens is 2. The summed E-state index contributed by atoms with van der Waals surface area (Å²) in [6.45, 7) is -0.328. The Morgan fingerprint density at radius 3 is 2.62 bits per heavy atom. The van der Waals surface area contributed by atoms with Gasteiger partial charge in [-0.2, -0.15) is 0 Å². The van der Waals surface area contributed by atoms with E-state index in [1.54, 1.807) is 12.1 Å². The smallest absolute Gasteiger partial charge is 0.341 e. The molecule has 0 saturated heterocycles. The van der Waals surface area contributed by atoms with Crippen LogP contribution in [-0.2, 0) is 25.5 Å². The highest BCUT2D eigenvalue weighted by atomic mass is 35.5. The first kappa shape index (κ1) is 21.4. The molecule has 154 valence electrons. The predicted octanol–water partition coefficient (Wildman–Crippen LogP) is 4.06. The van der Waals surface area contributed by atoms with E-state index < -0.39 is 23.8 Å². The summed E-state index contributed by atoms with van der Waals surface area (Å²) in [5.74, 6) is -1.80. The van der Waals surface area contributed by atoms with E-state index in [9.17, 15) is 14.4 Å². The Morgan fingerprint density at radius 2 is 1.97 bits per heavy atom. The number of hydrogen-bond acceptors (Lipinski definition) is 7. The molecule has 0 saturated carbocycles. The van der Waals surface area contributed by atoms with Crippen molar-refractivity contribution >= 4 is 57.4 Å². The van der Waals surface area contributed by atoms with E-state index in [1.807, 2.05) is 0 Å². The van der Waals surface area contributed by atoms with E-state index in [0.717, 1.165) is 4.88 Å². The minimum atomic E-state index is -0.629. The number of rotatable bonds is 6. The van der Waals surface area contributed by atoms with Crippen LogP contribution in [0.4, 0.5) is 5.00 Å². The molecule has 0 aliphatic heterocycles. The van der Waals surface area contributed by atoms with Crippen molar-refractivity contribution in [2.24, 2.45) is 0 Å². The average Bonchev–Trinajstić information content (AvgIpc) is 3.24. The van der Waals surface area contributed by atoms with Gasteiger partial charge in [-0.1, -0.05) is 23.2 Å². The summed E-state index contributed by atoms with van der Waals surface area (Å²) in [6, 6.07) is 4.65. The van der Waals surface area contributed by atoms with Crippen LogP contribution in [0.25, 0.3) is 0 Å². The molecule has 1 atom stereocenters. The van der Waals surface area contributed by atoms with E-state index in [-0.39, 0.29) is 17.2 Å². The van der Waals surface area contributed by atoms with Crippen LogP contribution in [0, 0.1) is 0 Å². The van der Waals surface area contributed by atoms with Gasteiger partial charge in [-0.05, 0) is 36.6 Å². The molecule has 1 amide bonds. The topological polar surface area (TPSA) is 90.9 Å². The van der Waals surface area contributed by atoms with Crippen LogP contribution in [0.1, 0.15) is 33.1 Å². The van der Waals surface area contributed by atoms with Gasteiger partial charge in [0.2, 0.25) is 0 Å². The second kappa shape index (κ2) is 9.02. The fourth-order valence-corrected chi connectivity index (χ4v) is 4.88. The van der Waals surface area contributed by atoms with E-state index >= 15 is 0 Å². The first-order valence-corrected chi connectivity index (χ1v) is 10.1. The van der Waals surface area contributed by atoms with Crippen molar-refractivity contribution in [1.82, 2.24) is 0 Å². The number of ether oxygens (including phenoxy) is 3. The molecule has 0 radical (unpaired) electrons. The number of aryl methyl sites for hydroxylation is 1. The molecule has 7 nitrogen and oxygen atoms in total. The third-order valence-corrected chi connectivity index (χ3v) is 6.12. The van der Waals surface area contributed by atoms with Crippen LogP contribution in [0.5, 0.6) is 5.75 Å². The predicted molar refractivity (Wildman–Crippen MR) is 109 cm³/mol. The van der Waals surface area contributed by atoms with Gasteiger partial charge in [-0.3, -0.25) is 9.59 Å². The molecule has 0 fully saturated rings. The number of nitrogens with one attached hydrogen (secondary N) is 1. The van der Waals surface area contributed by atoms with Gasteiger partial charge in [0, 0.05) is 9.90 Å². The van der Waals surface area contributed by atoms with Gasteiger partial charge in [-0.25, -0.2) is 4.79 Å². The summed E-state index contributed by atoms with van der Waals surface area (Å²) in [5.41, 5.74) is 0.740. The third-order valence-electron chi connectivity index (χ3n) is 4.41. The molecule has 1 aromatic carbocycles. The molecule has 0 unspecified atom stereocenters. The Morgan fingerprint density at radius 1 is 1.21 bits per heavy atom. The summed E-state index contributed by atoms with van der Waals surface area (Å²) in [7, 11) is 2.54. The second-order valence-corrected chi connectivity index (χ2v) is 8.11. The molecule has 1 aromatic heterocycles. The first-order valence-electron chi connectivity index (χ1n) is 8.55. The lowest BCUT2D eigenvalue weighted by Crippen LogP contribution is -2.22. The fourth-order valence-electron chi connectivity index (χ4n) is 3.13. The highest BCUT2D eigenvalue weighted by Crippen LogP contribution is 2.45. The first-order chi connectivity index (χ1) is 13.8. The number of carbonyl (C=O) groups excluding carboxylic acids is 3. The molecule has 10 heteroatoms. The molecule has 1 aliphatic carbocycles. The number of anilines is 1. The molecule has 1 N–H and O–H groups in total. The van der Waals surface area contributed by atoms with E-state index in [2.05, 4.69) is 5.32 Å². The highest BCUT2D eigenvalue weighted by Gasteiger charge is 2.38. The summed E-state index contributed by atoms with van der Waals surface area (Å²) in [4.78, 5) is 37.7. The maximum atomic E-state index is 12.4. The molecule has 2 aromatic rings. The lowest BCUT2D eigenvalue weighted by atomic mass is 9.99.